The highest BCUT2D eigenvalue weighted by Crippen LogP contribution is 2.08. The van der Waals surface area contributed by atoms with Crippen molar-refractivity contribution in [3.63, 3.8) is 0 Å². The molecule has 1 rings (SSSR count). The Balaban J connectivity index is 2.60. The summed E-state index contributed by atoms with van der Waals surface area (Å²) < 4.78 is 10.9. The Kier molecular flexibility index (Phi) is 8.66. The Hall–Kier alpha value is -1.43. The van der Waals surface area contributed by atoms with Crippen LogP contribution in [0.5, 0.6) is 0 Å². The maximum Gasteiger partial charge on any atom is 0.122 e. The van der Waals surface area contributed by atoms with Crippen LogP contribution in [0, 0.1) is 5.41 Å². The predicted octanol–water partition coefficient (Wildman–Crippen LogP) is 1.85. The molecule has 3 N–H and O–H groups in total. The number of nitrogens with two attached hydrogens (primary N) is 1. The second-order valence-corrected chi connectivity index (χ2v) is 4.78. The quantitative estimate of drug-likeness (QED) is 0.371. The van der Waals surface area contributed by atoms with Crippen molar-refractivity contribution < 1.29 is 9.47 Å². The van der Waals surface area contributed by atoms with Gasteiger partial charge in [-0.25, -0.2) is 0 Å². The molecule has 0 aromatic heterocycles. The normalized spacial score (nSPS) is 11.0. The third kappa shape index (κ3) is 7.22. The van der Waals surface area contributed by atoms with Crippen LogP contribution < -0.4 is 5.73 Å². The van der Waals surface area contributed by atoms with Crippen molar-refractivity contribution in [3.8, 4) is 0 Å². The molecule has 0 unspecified atom stereocenters. The second kappa shape index (κ2) is 10.3. The van der Waals surface area contributed by atoms with Crippen LogP contribution in [0.3, 0.4) is 0 Å². The number of hydrogen-bond acceptors (Lipinski definition) is 4. The van der Waals surface area contributed by atoms with Gasteiger partial charge in [-0.2, -0.15) is 0 Å². The number of benzene rings is 1. The number of rotatable bonds is 11. The maximum atomic E-state index is 7.51. The lowest BCUT2D eigenvalue weighted by atomic mass is 10.1. The first-order valence-electron chi connectivity index (χ1n) is 7.48. The van der Waals surface area contributed by atoms with E-state index in [2.05, 4.69) is 11.0 Å². The zero-order chi connectivity index (χ0) is 15.5. The van der Waals surface area contributed by atoms with Gasteiger partial charge in [0.25, 0.3) is 0 Å². The summed E-state index contributed by atoms with van der Waals surface area (Å²) in [6.45, 7) is 9.45. The number of nitrogens with zero attached hydrogens (tertiary/aromatic N) is 1. The summed E-state index contributed by atoms with van der Waals surface area (Å²) >= 11 is 0. The lowest BCUT2D eigenvalue weighted by Gasteiger charge is -2.22. The fourth-order valence-electron chi connectivity index (χ4n) is 2.04. The van der Waals surface area contributed by atoms with Gasteiger partial charge in [0.15, 0.2) is 0 Å². The standard InChI is InChI=1S/C16H27N3O2/c1-3-20-10-8-19(9-11-21-4-2)13-14-6-5-7-15(12-14)16(17)18/h5-7,12H,3-4,8-11,13H2,1-2H3,(H3,17,18). The maximum absolute atomic E-state index is 7.51. The minimum atomic E-state index is 0.104. The first kappa shape index (κ1) is 17.6. The molecular weight excluding hydrogens is 266 g/mol. The molecule has 21 heavy (non-hydrogen) atoms. The van der Waals surface area contributed by atoms with Crippen LogP contribution >= 0.6 is 0 Å². The highest BCUT2D eigenvalue weighted by Gasteiger charge is 2.07. The number of nitrogens with one attached hydrogen (secondary N) is 1. The third-order valence-corrected chi connectivity index (χ3v) is 3.16. The van der Waals surface area contributed by atoms with Crippen LogP contribution in [0.25, 0.3) is 0 Å². The van der Waals surface area contributed by atoms with Crippen LogP contribution in [-0.4, -0.2) is 50.3 Å². The fourth-order valence-corrected chi connectivity index (χ4v) is 2.04. The summed E-state index contributed by atoms with van der Waals surface area (Å²) in [5, 5.41) is 7.51. The molecular formula is C16H27N3O2. The molecule has 0 aliphatic rings. The van der Waals surface area contributed by atoms with Crippen molar-refractivity contribution >= 4 is 5.84 Å². The smallest absolute Gasteiger partial charge is 0.122 e. The monoisotopic (exact) mass is 293 g/mol. The van der Waals surface area contributed by atoms with E-state index >= 15 is 0 Å². The lowest BCUT2D eigenvalue weighted by Crippen LogP contribution is -2.31. The molecule has 0 heterocycles. The Bertz CT molecular complexity index is 414. The summed E-state index contributed by atoms with van der Waals surface area (Å²) in [4.78, 5) is 2.30. The van der Waals surface area contributed by atoms with E-state index in [1.807, 2.05) is 32.0 Å². The summed E-state index contributed by atoms with van der Waals surface area (Å²) in [7, 11) is 0. The Labute approximate surface area is 127 Å². The van der Waals surface area contributed by atoms with Crippen LogP contribution in [0.15, 0.2) is 24.3 Å². The van der Waals surface area contributed by atoms with Crippen molar-refractivity contribution in [2.45, 2.75) is 20.4 Å². The molecule has 0 fully saturated rings. The van der Waals surface area contributed by atoms with Gasteiger partial charge in [0.1, 0.15) is 5.84 Å². The van der Waals surface area contributed by atoms with E-state index in [4.69, 9.17) is 20.6 Å². The van der Waals surface area contributed by atoms with E-state index in [1.54, 1.807) is 0 Å². The number of ether oxygens (including phenoxy) is 2. The molecule has 0 bridgehead atoms. The molecule has 0 spiro atoms. The molecule has 0 amide bonds. The molecule has 0 aliphatic carbocycles. The largest absolute Gasteiger partial charge is 0.384 e. The molecule has 0 radical (unpaired) electrons. The molecule has 5 nitrogen and oxygen atoms in total. The first-order valence-corrected chi connectivity index (χ1v) is 7.48. The van der Waals surface area contributed by atoms with Gasteiger partial charge in [-0.1, -0.05) is 18.2 Å². The third-order valence-electron chi connectivity index (χ3n) is 3.16. The average Bonchev–Trinajstić information content (AvgIpc) is 2.48. The summed E-state index contributed by atoms with van der Waals surface area (Å²) in [5.41, 5.74) is 7.45. The van der Waals surface area contributed by atoms with Crippen molar-refractivity contribution in [3.05, 3.63) is 35.4 Å². The van der Waals surface area contributed by atoms with Gasteiger partial charge in [0.05, 0.1) is 13.2 Å². The molecule has 0 saturated heterocycles. The van der Waals surface area contributed by atoms with Gasteiger partial charge >= 0.3 is 0 Å². The zero-order valence-corrected chi connectivity index (χ0v) is 13.1. The Morgan fingerprint density at radius 2 is 1.76 bits per heavy atom. The second-order valence-electron chi connectivity index (χ2n) is 4.78. The van der Waals surface area contributed by atoms with E-state index in [0.29, 0.717) is 0 Å². The Morgan fingerprint density at radius 3 is 2.29 bits per heavy atom. The highest BCUT2D eigenvalue weighted by atomic mass is 16.5. The van der Waals surface area contributed by atoms with E-state index in [9.17, 15) is 0 Å². The number of amidine groups is 1. The molecule has 118 valence electrons. The molecule has 1 aromatic carbocycles. The number of nitrogen functional groups attached to an aromatic ring is 1. The van der Waals surface area contributed by atoms with Gasteiger partial charge in [0.2, 0.25) is 0 Å². The van der Waals surface area contributed by atoms with Gasteiger partial charge in [0, 0.05) is 38.4 Å². The van der Waals surface area contributed by atoms with Crippen molar-refractivity contribution in [1.82, 2.24) is 4.90 Å². The molecule has 0 saturated carbocycles. The Morgan fingerprint density at radius 1 is 1.14 bits per heavy atom. The SMILES string of the molecule is CCOCCN(CCOCC)Cc1cccc(C(=N)N)c1. The van der Waals surface area contributed by atoms with Gasteiger partial charge in [-0.05, 0) is 25.5 Å². The van der Waals surface area contributed by atoms with E-state index in [0.717, 1.165) is 57.2 Å². The number of hydrogen-bond donors (Lipinski definition) is 2. The minimum absolute atomic E-state index is 0.104. The van der Waals surface area contributed by atoms with Crippen molar-refractivity contribution in [1.29, 1.82) is 5.41 Å². The van der Waals surface area contributed by atoms with E-state index in [-0.39, 0.29) is 5.84 Å². The first-order chi connectivity index (χ1) is 10.2. The molecule has 1 aromatic rings. The van der Waals surface area contributed by atoms with E-state index in [1.165, 1.54) is 0 Å². The zero-order valence-electron chi connectivity index (χ0n) is 13.1. The van der Waals surface area contributed by atoms with Crippen LogP contribution in [0.2, 0.25) is 0 Å². The summed E-state index contributed by atoms with van der Waals surface area (Å²) in [5.74, 6) is 0.104. The summed E-state index contributed by atoms with van der Waals surface area (Å²) in [6, 6.07) is 7.82. The van der Waals surface area contributed by atoms with E-state index < -0.39 is 0 Å². The van der Waals surface area contributed by atoms with Crippen molar-refractivity contribution in [2.24, 2.45) is 5.73 Å². The van der Waals surface area contributed by atoms with Crippen molar-refractivity contribution in [2.75, 3.05) is 39.5 Å². The van der Waals surface area contributed by atoms with Gasteiger partial charge < -0.3 is 15.2 Å². The van der Waals surface area contributed by atoms with Crippen LogP contribution in [-0.2, 0) is 16.0 Å². The van der Waals surface area contributed by atoms with Gasteiger partial charge in [-0.3, -0.25) is 10.3 Å². The lowest BCUT2D eigenvalue weighted by molar-refractivity contribution is 0.0798. The predicted molar refractivity (Wildman–Crippen MR) is 85.7 cm³/mol. The van der Waals surface area contributed by atoms with Crippen LogP contribution in [0.1, 0.15) is 25.0 Å². The fraction of sp³-hybridized carbons (Fsp3) is 0.562. The topological polar surface area (TPSA) is 71.6 Å². The molecule has 0 aliphatic heterocycles. The van der Waals surface area contributed by atoms with Crippen LogP contribution in [0.4, 0.5) is 0 Å². The highest BCUT2D eigenvalue weighted by molar-refractivity contribution is 5.95. The minimum Gasteiger partial charge on any atom is -0.384 e. The average molecular weight is 293 g/mol. The molecule has 5 heteroatoms. The van der Waals surface area contributed by atoms with Gasteiger partial charge in [-0.15, -0.1) is 0 Å². The molecule has 0 atom stereocenters. The summed E-state index contributed by atoms with van der Waals surface area (Å²) in [6.07, 6.45) is 0.